The number of thiazole rings is 1. The largest absolute Gasteiger partial charge is 0.433 e. The van der Waals surface area contributed by atoms with Crippen LogP contribution in [0.25, 0.3) is 39.6 Å². The molecular formula is C24H15N3O4S. The molecule has 32 heavy (non-hydrogen) atoms. The molecule has 0 amide bonds. The lowest BCUT2D eigenvalue weighted by atomic mass is 10.1. The van der Waals surface area contributed by atoms with Gasteiger partial charge in [-0.25, -0.2) is 9.38 Å². The molecule has 3 aromatic heterocycles. The van der Waals surface area contributed by atoms with Gasteiger partial charge in [-0.05, 0) is 18.2 Å². The van der Waals surface area contributed by atoms with Gasteiger partial charge in [-0.15, -0.1) is 0 Å². The standard InChI is InChI=1S/C24H15N3O4S/c28-23-19(13-7-12-18-14-15-20(31-18)27(29)30)32-24-25-21(16-8-3-1-4-9-16)22(26(23)24)17-10-5-2-6-11-17/h1-15H/b12-7+,19-13-. The quantitative estimate of drug-likeness (QED) is 0.289. The predicted octanol–water partition coefficient (Wildman–Crippen LogP) is 4.80. The highest BCUT2D eigenvalue weighted by atomic mass is 32.1. The van der Waals surface area contributed by atoms with Gasteiger partial charge in [0.25, 0.3) is 5.56 Å². The van der Waals surface area contributed by atoms with E-state index in [1.807, 2.05) is 60.7 Å². The van der Waals surface area contributed by atoms with Gasteiger partial charge in [0.15, 0.2) is 4.96 Å². The van der Waals surface area contributed by atoms with Crippen molar-refractivity contribution in [1.82, 2.24) is 9.38 Å². The molecule has 0 fully saturated rings. The summed E-state index contributed by atoms with van der Waals surface area (Å²) in [4.78, 5) is 28.8. The van der Waals surface area contributed by atoms with E-state index in [0.29, 0.717) is 15.3 Å². The lowest BCUT2D eigenvalue weighted by Crippen LogP contribution is -2.23. The minimum Gasteiger partial charge on any atom is -0.401 e. The summed E-state index contributed by atoms with van der Waals surface area (Å²) >= 11 is 1.29. The van der Waals surface area contributed by atoms with E-state index in [2.05, 4.69) is 0 Å². The molecule has 0 unspecified atom stereocenters. The summed E-state index contributed by atoms with van der Waals surface area (Å²) in [6, 6.07) is 22.3. The van der Waals surface area contributed by atoms with Crippen molar-refractivity contribution in [2.75, 3.05) is 0 Å². The number of aromatic nitrogens is 2. The summed E-state index contributed by atoms with van der Waals surface area (Å²) in [5.74, 6) is 0.00257. The van der Waals surface area contributed by atoms with Gasteiger partial charge in [0.1, 0.15) is 10.7 Å². The van der Waals surface area contributed by atoms with Crippen LogP contribution in [0.5, 0.6) is 0 Å². The van der Waals surface area contributed by atoms with E-state index in [1.165, 1.54) is 23.5 Å². The Kier molecular flexibility index (Phi) is 4.97. The van der Waals surface area contributed by atoms with Crippen molar-refractivity contribution in [1.29, 1.82) is 0 Å². The highest BCUT2D eigenvalue weighted by Crippen LogP contribution is 2.32. The second kappa shape index (κ2) is 8.09. The summed E-state index contributed by atoms with van der Waals surface area (Å²) in [5, 5.41) is 10.7. The summed E-state index contributed by atoms with van der Waals surface area (Å²) in [6.07, 6.45) is 4.87. The van der Waals surface area contributed by atoms with Crippen LogP contribution in [0.15, 0.2) is 88.1 Å². The first kappa shape index (κ1) is 19.7. The van der Waals surface area contributed by atoms with E-state index < -0.39 is 4.92 Å². The van der Waals surface area contributed by atoms with Gasteiger partial charge in [-0.2, -0.15) is 0 Å². The SMILES string of the molecule is O=c1/c(=C/C=C/c2ccc([N+](=O)[O-])o2)sc2nc(-c3ccccc3)c(-c3ccccc3)n12. The van der Waals surface area contributed by atoms with E-state index in [-0.39, 0.29) is 11.4 Å². The van der Waals surface area contributed by atoms with Gasteiger partial charge in [0, 0.05) is 11.1 Å². The lowest BCUT2D eigenvalue weighted by molar-refractivity contribution is -0.402. The highest BCUT2D eigenvalue weighted by Gasteiger charge is 2.19. The highest BCUT2D eigenvalue weighted by molar-refractivity contribution is 7.15. The maximum atomic E-state index is 13.3. The average molecular weight is 441 g/mol. The minimum atomic E-state index is -0.597. The molecule has 0 bridgehead atoms. The third kappa shape index (κ3) is 3.52. The number of fused-ring (bicyclic) bond motifs is 1. The van der Waals surface area contributed by atoms with Crippen LogP contribution < -0.4 is 10.1 Å². The number of rotatable bonds is 5. The Bertz CT molecular complexity index is 1560. The summed E-state index contributed by atoms with van der Waals surface area (Å²) < 4.78 is 7.24. The van der Waals surface area contributed by atoms with Crippen molar-refractivity contribution in [2.24, 2.45) is 0 Å². The minimum absolute atomic E-state index is 0.173. The summed E-state index contributed by atoms with van der Waals surface area (Å²) in [5.41, 5.74) is 3.17. The maximum Gasteiger partial charge on any atom is 0.433 e. The van der Waals surface area contributed by atoms with Gasteiger partial charge < -0.3 is 4.42 Å². The Morgan fingerprint density at radius 1 is 0.969 bits per heavy atom. The molecule has 3 heterocycles. The van der Waals surface area contributed by atoms with E-state index in [9.17, 15) is 14.9 Å². The van der Waals surface area contributed by atoms with Gasteiger partial charge in [-0.1, -0.05) is 78.1 Å². The van der Waals surface area contributed by atoms with Crippen molar-refractivity contribution >= 4 is 34.3 Å². The second-order valence-corrected chi connectivity index (χ2v) is 7.90. The van der Waals surface area contributed by atoms with E-state index in [0.717, 1.165) is 22.5 Å². The molecule has 0 N–H and O–H groups in total. The van der Waals surface area contributed by atoms with Crippen LogP contribution in [-0.2, 0) is 0 Å². The van der Waals surface area contributed by atoms with Crippen LogP contribution in [0.3, 0.4) is 0 Å². The van der Waals surface area contributed by atoms with Gasteiger partial charge in [0.05, 0.1) is 22.0 Å². The number of hydrogen-bond acceptors (Lipinski definition) is 6. The monoisotopic (exact) mass is 441 g/mol. The van der Waals surface area contributed by atoms with Gasteiger partial charge >= 0.3 is 5.88 Å². The molecular weight excluding hydrogens is 426 g/mol. The van der Waals surface area contributed by atoms with Crippen LogP contribution in [0.1, 0.15) is 5.76 Å². The number of nitrogens with zero attached hydrogens (tertiary/aromatic N) is 3. The first-order valence-electron chi connectivity index (χ1n) is 9.70. The molecule has 0 aliphatic rings. The van der Waals surface area contributed by atoms with Crippen molar-refractivity contribution in [2.45, 2.75) is 0 Å². The van der Waals surface area contributed by atoms with Crippen molar-refractivity contribution in [3.63, 3.8) is 0 Å². The molecule has 156 valence electrons. The van der Waals surface area contributed by atoms with Crippen LogP contribution >= 0.6 is 11.3 Å². The molecule has 2 aromatic carbocycles. The molecule has 0 atom stereocenters. The number of imidazole rings is 1. The Balaban J connectivity index is 1.63. The number of benzene rings is 2. The Morgan fingerprint density at radius 3 is 2.31 bits per heavy atom. The number of hydrogen-bond donors (Lipinski definition) is 0. The zero-order valence-corrected chi connectivity index (χ0v) is 17.4. The molecule has 8 heteroatoms. The van der Waals surface area contributed by atoms with Crippen LogP contribution in [-0.4, -0.2) is 14.3 Å². The molecule has 0 spiro atoms. The second-order valence-electron chi connectivity index (χ2n) is 6.89. The maximum absolute atomic E-state index is 13.3. The molecule has 0 saturated carbocycles. The molecule has 0 aliphatic heterocycles. The predicted molar refractivity (Wildman–Crippen MR) is 124 cm³/mol. The van der Waals surface area contributed by atoms with Crippen molar-refractivity contribution < 1.29 is 9.34 Å². The van der Waals surface area contributed by atoms with Gasteiger partial charge in [-0.3, -0.25) is 14.9 Å². The molecule has 0 aliphatic carbocycles. The smallest absolute Gasteiger partial charge is 0.401 e. The first-order chi connectivity index (χ1) is 15.6. The Labute approximate surface area is 185 Å². The van der Waals surface area contributed by atoms with E-state index in [1.54, 1.807) is 22.6 Å². The third-order valence-corrected chi connectivity index (χ3v) is 5.84. The zero-order valence-electron chi connectivity index (χ0n) is 16.5. The number of allylic oxidation sites excluding steroid dienone is 1. The number of furan rings is 1. The van der Waals surface area contributed by atoms with E-state index >= 15 is 0 Å². The fraction of sp³-hybridized carbons (Fsp3) is 0. The van der Waals surface area contributed by atoms with Gasteiger partial charge in [0.2, 0.25) is 0 Å². The van der Waals surface area contributed by atoms with Crippen molar-refractivity contribution in [3.05, 3.63) is 110 Å². The normalized spacial score (nSPS) is 12.2. The van der Waals surface area contributed by atoms with E-state index in [4.69, 9.17) is 9.40 Å². The third-order valence-electron chi connectivity index (χ3n) is 4.86. The fourth-order valence-corrected chi connectivity index (χ4v) is 4.36. The molecule has 5 aromatic rings. The summed E-state index contributed by atoms with van der Waals surface area (Å²) in [7, 11) is 0. The van der Waals surface area contributed by atoms with Crippen LogP contribution in [0.2, 0.25) is 0 Å². The fourth-order valence-electron chi connectivity index (χ4n) is 3.43. The molecule has 0 saturated heterocycles. The molecule has 7 nitrogen and oxygen atoms in total. The topological polar surface area (TPSA) is 90.6 Å². The average Bonchev–Trinajstić information content (AvgIpc) is 3.51. The Morgan fingerprint density at radius 2 is 1.66 bits per heavy atom. The number of nitro groups is 1. The Hall–Kier alpha value is -4.30. The summed E-state index contributed by atoms with van der Waals surface area (Å²) in [6.45, 7) is 0. The van der Waals surface area contributed by atoms with Crippen LogP contribution in [0.4, 0.5) is 5.88 Å². The van der Waals surface area contributed by atoms with Crippen LogP contribution in [0, 0.1) is 10.1 Å². The lowest BCUT2D eigenvalue weighted by Gasteiger charge is -2.04. The molecule has 5 rings (SSSR count). The molecule has 0 radical (unpaired) electrons. The first-order valence-corrected chi connectivity index (χ1v) is 10.5. The zero-order chi connectivity index (χ0) is 22.1. The van der Waals surface area contributed by atoms with Crippen molar-refractivity contribution in [3.8, 4) is 22.5 Å².